The largest absolute Gasteiger partial charge is 0.345 e. The fraction of sp³-hybridized carbons (Fsp3) is 0.429. The molecule has 0 unspecified atom stereocenters. The molecular weight excluding hydrogens is 242 g/mol. The van der Waals surface area contributed by atoms with Gasteiger partial charge in [-0.15, -0.1) is 0 Å². The first-order chi connectivity index (χ1) is 8.83. The summed E-state index contributed by atoms with van der Waals surface area (Å²) in [5.41, 5.74) is 7.28. The SMILES string of the molecule is Cc1cc(NC(=O)C2(N)CC2)ccc1C(=O)N(C)C. The molecule has 0 atom stereocenters. The maximum atomic E-state index is 11.9. The first-order valence-corrected chi connectivity index (χ1v) is 6.26. The minimum Gasteiger partial charge on any atom is -0.345 e. The van der Waals surface area contributed by atoms with Gasteiger partial charge in [-0.2, -0.15) is 0 Å². The lowest BCUT2D eigenvalue weighted by molar-refractivity contribution is -0.118. The molecule has 5 heteroatoms. The van der Waals surface area contributed by atoms with Crippen molar-refractivity contribution < 1.29 is 9.59 Å². The van der Waals surface area contributed by atoms with E-state index in [0.717, 1.165) is 18.4 Å². The summed E-state index contributed by atoms with van der Waals surface area (Å²) in [5, 5.41) is 2.79. The van der Waals surface area contributed by atoms with Gasteiger partial charge in [-0.05, 0) is 43.5 Å². The van der Waals surface area contributed by atoms with Crippen molar-refractivity contribution in [2.45, 2.75) is 25.3 Å². The van der Waals surface area contributed by atoms with Gasteiger partial charge >= 0.3 is 0 Å². The fourth-order valence-corrected chi connectivity index (χ4v) is 1.84. The Labute approximate surface area is 112 Å². The predicted octanol–water partition coefficient (Wildman–Crippen LogP) is 1.13. The van der Waals surface area contributed by atoms with E-state index in [1.807, 2.05) is 6.92 Å². The van der Waals surface area contributed by atoms with Crippen LogP contribution in [0.15, 0.2) is 18.2 Å². The number of hydrogen-bond acceptors (Lipinski definition) is 3. The molecule has 0 saturated heterocycles. The molecule has 5 nitrogen and oxygen atoms in total. The Morgan fingerprint density at radius 1 is 1.32 bits per heavy atom. The van der Waals surface area contributed by atoms with E-state index >= 15 is 0 Å². The Bertz CT molecular complexity index is 533. The molecule has 1 aliphatic carbocycles. The summed E-state index contributed by atoms with van der Waals surface area (Å²) in [7, 11) is 3.42. The number of carbonyl (C=O) groups excluding carboxylic acids is 2. The molecule has 1 aromatic rings. The van der Waals surface area contributed by atoms with Crippen LogP contribution in [0.2, 0.25) is 0 Å². The molecule has 102 valence electrons. The van der Waals surface area contributed by atoms with Crippen molar-refractivity contribution in [3.8, 4) is 0 Å². The average molecular weight is 261 g/mol. The van der Waals surface area contributed by atoms with Crippen molar-refractivity contribution in [2.75, 3.05) is 19.4 Å². The molecule has 0 radical (unpaired) electrons. The van der Waals surface area contributed by atoms with E-state index in [-0.39, 0.29) is 11.8 Å². The Kier molecular flexibility index (Phi) is 3.32. The van der Waals surface area contributed by atoms with E-state index < -0.39 is 5.54 Å². The number of hydrogen-bond donors (Lipinski definition) is 2. The van der Waals surface area contributed by atoms with Crippen LogP contribution in [0, 0.1) is 6.92 Å². The molecular formula is C14H19N3O2. The van der Waals surface area contributed by atoms with Gasteiger partial charge in [0, 0.05) is 25.3 Å². The summed E-state index contributed by atoms with van der Waals surface area (Å²) < 4.78 is 0. The van der Waals surface area contributed by atoms with Gasteiger partial charge in [-0.25, -0.2) is 0 Å². The third-order valence-electron chi connectivity index (χ3n) is 3.36. The Morgan fingerprint density at radius 3 is 2.42 bits per heavy atom. The molecule has 0 spiro atoms. The van der Waals surface area contributed by atoms with E-state index in [1.54, 1.807) is 32.3 Å². The average Bonchev–Trinajstić information content (AvgIpc) is 3.08. The molecule has 0 aliphatic heterocycles. The quantitative estimate of drug-likeness (QED) is 0.856. The maximum absolute atomic E-state index is 11.9. The minimum absolute atomic E-state index is 0.0483. The minimum atomic E-state index is -0.688. The van der Waals surface area contributed by atoms with Gasteiger partial charge in [0.25, 0.3) is 5.91 Å². The Hall–Kier alpha value is -1.88. The van der Waals surface area contributed by atoms with E-state index in [9.17, 15) is 9.59 Å². The van der Waals surface area contributed by atoms with E-state index in [2.05, 4.69) is 5.32 Å². The highest BCUT2D eigenvalue weighted by Gasteiger charge is 2.45. The summed E-state index contributed by atoms with van der Waals surface area (Å²) in [6.45, 7) is 1.85. The second-order valence-corrected chi connectivity index (χ2v) is 5.34. The van der Waals surface area contributed by atoms with Gasteiger partial charge in [0.1, 0.15) is 0 Å². The van der Waals surface area contributed by atoms with Crippen LogP contribution in [-0.2, 0) is 4.79 Å². The summed E-state index contributed by atoms with van der Waals surface area (Å²) in [4.78, 5) is 25.2. The molecule has 2 rings (SSSR count). The van der Waals surface area contributed by atoms with Crippen molar-refractivity contribution in [3.63, 3.8) is 0 Å². The molecule has 1 saturated carbocycles. The van der Waals surface area contributed by atoms with Crippen LogP contribution in [0.4, 0.5) is 5.69 Å². The van der Waals surface area contributed by atoms with Crippen molar-refractivity contribution in [2.24, 2.45) is 5.73 Å². The van der Waals surface area contributed by atoms with Crippen LogP contribution in [-0.4, -0.2) is 36.3 Å². The number of nitrogens with two attached hydrogens (primary N) is 1. The highest BCUT2D eigenvalue weighted by molar-refractivity contribution is 6.01. The monoisotopic (exact) mass is 261 g/mol. The predicted molar refractivity (Wildman–Crippen MR) is 74.0 cm³/mol. The Morgan fingerprint density at radius 2 is 1.95 bits per heavy atom. The zero-order chi connectivity index (χ0) is 14.2. The van der Waals surface area contributed by atoms with E-state index in [4.69, 9.17) is 5.73 Å². The van der Waals surface area contributed by atoms with Gasteiger partial charge in [0.15, 0.2) is 0 Å². The lowest BCUT2D eigenvalue weighted by Gasteiger charge is -2.14. The third kappa shape index (κ3) is 2.76. The fourth-order valence-electron chi connectivity index (χ4n) is 1.84. The van der Waals surface area contributed by atoms with Crippen LogP contribution in [0.5, 0.6) is 0 Å². The normalized spacial score (nSPS) is 15.8. The molecule has 1 aromatic carbocycles. The third-order valence-corrected chi connectivity index (χ3v) is 3.36. The molecule has 0 aromatic heterocycles. The van der Waals surface area contributed by atoms with E-state index in [1.165, 1.54) is 4.90 Å². The number of amides is 2. The topological polar surface area (TPSA) is 75.4 Å². The van der Waals surface area contributed by atoms with Gasteiger partial charge in [-0.3, -0.25) is 9.59 Å². The standard InChI is InChI=1S/C14H19N3O2/c1-9-8-10(16-13(19)14(15)6-7-14)4-5-11(9)12(18)17(2)3/h4-5,8H,6-7,15H2,1-3H3,(H,16,19). The molecule has 0 heterocycles. The number of nitrogens with zero attached hydrogens (tertiary/aromatic N) is 1. The molecule has 1 fully saturated rings. The van der Waals surface area contributed by atoms with Gasteiger partial charge in [0.05, 0.1) is 5.54 Å². The summed E-state index contributed by atoms with van der Waals surface area (Å²) >= 11 is 0. The van der Waals surface area contributed by atoms with Crippen LogP contribution in [0.1, 0.15) is 28.8 Å². The summed E-state index contributed by atoms with van der Waals surface area (Å²) in [6, 6.07) is 5.25. The number of carbonyl (C=O) groups is 2. The van der Waals surface area contributed by atoms with Crippen molar-refractivity contribution in [3.05, 3.63) is 29.3 Å². The van der Waals surface area contributed by atoms with Crippen molar-refractivity contribution in [1.82, 2.24) is 4.90 Å². The number of anilines is 1. The van der Waals surface area contributed by atoms with Crippen molar-refractivity contribution in [1.29, 1.82) is 0 Å². The molecule has 1 aliphatic rings. The van der Waals surface area contributed by atoms with Crippen LogP contribution in [0.25, 0.3) is 0 Å². The summed E-state index contributed by atoms with van der Waals surface area (Å²) in [5.74, 6) is -0.202. The van der Waals surface area contributed by atoms with Gasteiger partial charge in [0.2, 0.25) is 5.91 Å². The van der Waals surface area contributed by atoms with Crippen LogP contribution in [0.3, 0.4) is 0 Å². The Balaban J connectivity index is 2.15. The first-order valence-electron chi connectivity index (χ1n) is 6.26. The maximum Gasteiger partial charge on any atom is 0.253 e. The molecule has 19 heavy (non-hydrogen) atoms. The molecule has 3 N–H and O–H groups in total. The number of benzene rings is 1. The smallest absolute Gasteiger partial charge is 0.253 e. The zero-order valence-electron chi connectivity index (χ0n) is 11.5. The molecule has 0 bridgehead atoms. The second-order valence-electron chi connectivity index (χ2n) is 5.34. The summed E-state index contributed by atoms with van der Waals surface area (Å²) in [6.07, 6.45) is 1.46. The van der Waals surface area contributed by atoms with E-state index in [0.29, 0.717) is 11.3 Å². The van der Waals surface area contributed by atoms with Gasteiger partial charge in [-0.1, -0.05) is 0 Å². The molecule has 2 amide bonds. The first kappa shape index (κ1) is 13.5. The van der Waals surface area contributed by atoms with Gasteiger partial charge < -0.3 is 16.0 Å². The lowest BCUT2D eigenvalue weighted by Crippen LogP contribution is -2.37. The zero-order valence-corrected chi connectivity index (χ0v) is 11.5. The van der Waals surface area contributed by atoms with Crippen LogP contribution < -0.4 is 11.1 Å². The highest BCUT2D eigenvalue weighted by atomic mass is 16.2. The lowest BCUT2D eigenvalue weighted by atomic mass is 10.1. The van der Waals surface area contributed by atoms with Crippen molar-refractivity contribution >= 4 is 17.5 Å². The van der Waals surface area contributed by atoms with Crippen LogP contribution >= 0.6 is 0 Å². The second kappa shape index (κ2) is 4.66. The number of nitrogens with one attached hydrogen (secondary N) is 1. The number of aryl methyl sites for hydroxylation is 1. The number of rotatable bonds is 3. The highest BCUT2D eigenvalue weighted by Crippen LogP contribution is 2.33.